The molecule has 0 amide bonds. The van der Waals surface area contributed by atoms with Crippen LogP contribution in [-0.2, 0) is 27.5 Å². The van der Waals surface area contributed by atoms with Gasteiger partial charge in [-0.05, 0) is 77.8 Å². The van der Waals surface area contributed by atoms with Gasteiger partial charge in [0.1, 0.15) is 44.9 Å². The Morgan fingerprint density at radius 2 is 1.13 bits per heavy atom. The molecule has 1 aromatic heterocycles. The van der Waals surface area contributed by atoms with Gasteiger partial charge in [-0.1, -0.05) is 60.2 Å². The number of rotatable bonds is 11. The number of non-ortho nitro benzene ring substituents is 2. The van der Waals surface area contributed by atoms with Crippen LogP contribution < -0.4 is 10.6 Å². The van der Waals surface area contributed by atoms with E-state index in [1.165, 1.54) is 18.2 Å². The summed E-state index contributed by atoms with van der Waals surface area (Å²) >= 11 is 6.11. The molecule has 0 saturated carbocycles. The average molecular weight is 1030 g/mol. The van der Waals surface area contributed by atoms with Crippen molar-refractivity contribution >= 4 is 111 Å². The third-order valence-electron chi connectivity index (χ3n) is 10.2. The van der Waals surface area contributed by atoms with Crippen molar-refractivity contribution in [2.75, 3.05) is 10.6 Å². The minimum atomic E-state index is -4.81. The summed E-state index contributed by atoms with van der Waals surface area (Å²) in [5.74, 6) is -0.838. The molecule has 9 rings (SSSR count). The number of aryl methyl sites for hydroxylation is 1. The summed E-state index contributed by atoms with van der Waals surface area (Å²) in [6.45, 7) is 1.99. The second-order valence-electron chi connectivity index (χ2n) is 14.9. The van der Waals surface area contributed by atoms with Gasteiger partial charge in [-0.15, -0.1) is 20.5 Å². The molecule has 22 nitrogen and oxygen atoms in total. The molecule has 356 valence electrons. The third kappa shape index (κ3) is 11.3. The Balaban J connectivity index is 0.000000211. The van der Waals surface area contributed by atoms with Crippen molar-refractivity contribution in [1.82, 2.24) is 15.0 Å². The fourth-order valence-electron chi connectivity index (χ4n) is 6.85. The molecule has 0 spiro atoms. The van der Waals surface area contributed by atoms with E-state index in [4.69, 9.17) is 11.6 Å². The zero-order chi connectivity index (χ0) is 49.9. The van der Waals surface area contributed by atoms with Crippen molar-refractivity contribution in [2.24, 2.45) is 20.5 Å². The number of phenols is 4. The zero-order valence-corrected chi connectivity index (χ0v) is 39.0. The molecule has 1 heterocycles. The van der Waals surface area contributed by atoms with Crippen LogP contribution in [0.5, 0.6) is 23.0 Å². The maximum Gasteiger partial charge on any atom is 0.295 e. The summed E-state index contributed by atoms with van der Waals surface area (Å²) < 4.78 is 33.0. The fraction of sp³-hybridized carbons (Fsp3) is 0.0217. The molecule has 71 heavy (non-hydrogen) atoms. The van der Waals surface area contributed by atoms with E-state index < -0.39 is 36.3 Å². The minimum Gasteiger partial charge on any atom is -0.506 e. The number of hydrogen-bond acceptors (Lipinski definition) is 19. The normalized spacial score (nSPS) is 11.4. The molecule has 0 aliphatic heterocycles. The molecule has 0 fully saturated rings. The van der Waals surface area contributed by atoms with Crippen LogP contribution >= 0.6 is 11.6 Å². The number of benzene rings is 8. The number of nitro benzene ring substituents is 2. The fourth-order valence-corrected chi connectivity index (χ4v) is 7.72. The second kappa shape index (κ2) is 20.8. The number of phenolic OH excluding ortho intramolecular Hbond substituents is 4. The molecular weight excluding hydrogens is 1000 g/mol. The van der Waals surface area contributed by atoms with Gasteiger partial charge in [0, 0.05) is 80.6 Å². The molecule has 0 radical (unpaired) electrons. The Labute approximate surface area is 415 Å². The van der Waals surface area contributed by atoms with Gasteiger partial charge in [-0.25, -0.2) is 0 Å². The van der Waals surface area contributed by atoms with Crippen molar-refractivity contribution in [1.29, 1.82) is 0 Å². The van der Waals surface area contributed by atoms with E-state index in [1.54, 1.807) is 54.6 Å². The van der Waals surface area contributed by atoms with Gasteiger partial charge >= 0.3 is 0 Å². The van der Waals surface area contributed by atoms with Gasteiger partial charge in [-0.2, -0.15) is 23.4 Å². The van der Waals surface area contributed by atoms with Gasteiger partial charge in [0.15, 0.2) is 5.75 Å². The first kappa shape index (κ1) is 50.0. The Morgan fingerprint density at radius 1 is 0.563 bits per heavy atom. The maximum absolute atomic E-state index is 11.7. The van der Waals surface area contributed by atoms with Crippen molar-refractivity contribution in [3.8, 4) is 23.0 Å². The SMILES string of the molecule is Cc1ccc(Nc2nc(Cl)nc(Nc3ccc4ccc(N=Nc5cc([N+](=O)[O-])ccc5O)c(O)c4c3)n2)cc1.O=[N+]([O-])c1ccc2c(N=Nc3c(O)ccc4ccccc34)c(O)cc(S(=O)(=O)O)c2c1.[Cr]. The van der Waals surface area contributed by atoms with Gasteiger partial charge < -0.3 is 31.1 Å². The van der Waals surface area contributed by atoms with E-state index in [0.29, 0.717) is 21.8 Å². The summed E-state index contributed by atoms with van der Waals surface area (Å²) in [6, 6.07) is 33.7. The van der Waals surface area contributed by atoms with E-state index in [0.717, 1.165) is 53.0 Å². The minimum absolute atomic E-state index is 0. The molecule has 8 aromatic carbocycles. The monoisotopic (exact) mass is 1030 g/mol. The van der Waals surface area contributed by atoms with E-state index >= 15 is 0 Å². The van der Waals surface area contributed by atoms with Gasteiger partial charge in [-0.3, -0.25) is 24.8 Å². The largest absolute Gasteiger partial charge is 0.506 e. The van der Waals surface area contributed by atoms with E-state index in [1.807, 2.05) is 31.2 Å². The van der Waals surface area contributed by atoms with Crippen molar-refractivity contribution in [3.63, 3.8) is 0 Å². The maximum atomic E-state index is 11.7. The third-order valence-corrected chi connectivity index (χ3v) is 11.3. The standard InChI is InChI=1S/C26H19ClN8O4.C20H13N3O7S.Cr/c1-14-2-6-16(7-3-14)28-25-30-24(27)31-26(32-25)29-17-8-4-15-5-10-20(23(37)19(15)12-17)33-34-21-13-18(35(38)39)9-11-22(21)36;24-16-8-5-11-3-1-2-4-13(11)19(16)21-22-20-14-7-6-12(23(26)27)9-15(14)18(10-17(20)25)31(28,29)30;/h2-13,36-37H,1H3,(H2,28,29,30,31,32);1-10,24-25H,(H,28,29,30);. The number of nitro groups is 2. The molecular formula is C46H32ClCrN11O11S. The van der Waals surface area contributed by atoms with Crippen LogP contribution in [-0.4, -0.2) is 58.2 Å². The number of hydrogen-bond donors (Lipinski definition) is 7. The predicted octanol–water partition coefficient (Wildman–Crippen LogP) is 12.2. The van der Waals surface area contributed by atoms with Crippen LogP contribution in [0.1, 0.15) is 5.56 Å². The van der Waals surface area contributed by atoms with Crippen LogP contribution in [0.25, 0.3) is 32.3 Å². The van der Waals surface area contributed by atoms with E-state index in [-0.39, 0.29) is 91.0 Å². The van der Waals surface area contributed by atoms with Gasteiger partial charge in [0.2, 0.25) is 17.2 Å². The summed E-state index contributed by atoms with van der Waals surface area (Å²) in [5, 5.41) is 87.8. The van der Waals surface area contributed by atoms with Gasteiger partial charge in [0.05, 0.1) is 9.85 Å². The molecule has 25 heteroatoms. The number of anilines is 4. The number of halogens is 1. The number of aromatic nitrogens is 3. The molecule has 0 unspecified atom stereocenters. The number of azo groups is 2. The van der Waals surface area contributed by atoms with Crippen LogP contribution in [0.2, 0.25) is 5.28 Å². The van der Waals surface area contributed by atoms with E-state index in [2.05, 4.69) is 46.0 Å². The van der Waals surface area contributed by atoms with E-state index in [9.17, 15) is 53.6 Å². The molecule has 0 saturated heterocycles. The Kier molecular flexibility index (Phi) is 14.6. The number of nitrogens with one attached hydrogen (secondary N) is 2. The predicted molar refractivity (Wildman–Crippen MR) is 259 cm³/mol. The van der Waals surface area contributed by atoms with Crippen LogP contribution in [0.15, 0.2) is 159 Å². The molecule has 0 aliphatic carbocycles. The zero-order valence-electron chi connectivity index (χ0n) is 36.1. The Morgan fingerprint density at radius 3 is 1.82 bits per heavy atom. The first-order chi connectivity index (χ1) is 33.4. The quantitative estimate of drug-likeness (QED) is 0.0274. The smallest absolute Gasteiger partial charge is 0.295 e. The molecule has 7 N–H and O–H groups in total. The summed E-state index contributed by atoms with van der Waals surface area (Å²) in [5.41, 5.74) is 1.68. The Bertz CT molecular complexity index is 3760. The van der Waals surface area contributed by atoms with Crippen LogP contribution in [0.4, 0.5) is 57.4 Å². The molecule has 0 atom stereocenters. The number of aromatic hydroxyl groups is 4. The van der Waals surface area contributed by atoms with Crippen molar-refractivity contribution < 1.29 is 60.6 Å². The first-order valence-corrected chi connectivity index (χ1v) is 21.9. The van der Waals surface area contributed by atoms with Crippen molar-refractivity contribution in [3.05, 3.63) is 165 Å². The van der Waals surface area contributed by atoms with Gasteiger partial charge in [0.25, 0.3) is 21.5 Å². The molecule has 9 aromatic rings. The summed E-state index contributed by atoms with van der Waals surface area (Å²) in [6.07, 6.45) is 0. The summed E-state index contributed by atoms with van der Waals surface area (Å²) in [7, 11) is -4.81. The topological polar surface area (TPSA) is 334 Å². The number of fused-ring (bicyclic) bond motifs is 3. The molecule has 0 bridgehead atoms. The summed E-state index contributed by atoms with van der Waals surface area (Å²) in [4.78, 5) is 32.7. The Hall–Kier alpha value is -8.92. The average Bonchev–Trinajstić information content (AvgIpc) is 3.32. The second-order valence-corrected chi connectivity index (χ2v) is 16.7. The molecule has 0 aliphatic rings. The van der Waals surface area contributed by atoms with Crippen molar-refractivity contribution in [2.45, 2.75) is 11.8 Å². The first-order valence-electron chi connectivity index (χ1n) is 20.1. The van der Waals surface area contributed by atoms with Crippen LogP contribution in [0.3, 0.4) is 0 Å². The number of nitrogens with zero attached hydrogens (tertiary/aromatic N) is 9. The van der Waals surface area contributed by atoms with Crippen LogP contribution in [0, 0.1) is 27.2 Å².